The zero-order valence-electron chi connectivity index (χ0n) is 8.33. The fraction of sp³-hybridized carbons (Fsp3) is 0.273. The summed E-state index contributed by atoms with van der Waals surface area (Å²) in [5, 5.41) is 3.08. The van der Waals surface area contributed by atoms with E-state index in [1.54, 1.807) is 7.11 Å². The Kier molecular flexibility index (Phi) is 2.31. The van der Waals surface area contributed by atoms with Crippen LogP contribution in [0, 0.1) is 0 Å². The zero-order chi connectivity index (χ0) is 9.97. The Hall–Kier alpha value is -1.64. The molecular formula is C11H13NO2. The second-order valence-electron chi connectivity index (χ2n) is 3.09. The van der Waals surface area contributed by atoms with Gasteiger partial charge in [0.2, 0.25) is 0 Å². The number of benzene rings is 1. The molecule has 1 aromatic carbocycles. The highest BCUT2D eigenvalue weighted by Crippen LogP contribution is 2.34. The highest BCUT2D eigenvalue weighted by atomic mass is 16.5. The van der Waals surface area contributed by atoms with E-state index >= 15 is 0 Å². The smallest absolute Gasteiger partial charge is 0.169 e. The molecule has 0 radical (unpaired) electrons. The first-order valence-corrected chi connectivity index (χ1v) is 4.53. The molecule has 0 atom stereocenters. The molecule has 1 aliphatic rings. The molecule has 1 N–H and O–H groups in total. The Labute approximate surface area is 83.3 Å². The summed E-state index contributed by atoms with van der Waals surface area (Å²) >= 11 is 0. The van der Waals surface area contributed by atoms with Gasteiger partial charge in [0.05, 0.1) is 7.11 Å². The van der Waals surface area contributed by atoms with E-state index in [1.807, 2.05) is 25.2 Å². The second kappa shape index (κ2) is 3.62. The average molecular weight is 191 g/mol. The van der Waals surface area contributed by atoms with E-state index in [0.717, 1.165) is 22.8 Å². The van der Waals surface area contributed by atoms with Gasteiger partial charge in [-0.3, -0.25) is 0 Å². The lowest BCUT2D eigenvalue weighted by Crippen LogP contribution is -2.17. The number of likely N-dealkylation sites (N-methyl/N-ethyl adjacent to an activating group) is 1. The Bertz CT molecular complexity index is 372. The molecule has 74 valence electrons. The van der Waals surface area contributed by atoms with E-state index in [9.17, 15) is 0 Å². The fourth-order valence-corrected chi connectivity index (χ4v) is 1.49. The molecule has 0 amide bonds. The lowest BCUT2D eigenvalue weighted by atomic mass is 10.1. The van der Waals surface area contributed by atoms with Crippen molar-refractivity contribution >= 4 is 6.08 Å². The molecule has 0 aliphatic carbocycles. The van der Waals surface area contributed by atoms with Crippen LogP contribution in [0.3, 0.4) is 0 Å². The monoisotopic (exact) mass is 191 g/mol. The van der Waals surface area contributed by atoms with Crippen molar-refractivity contribution in [2.24, 2.45) is 0 Å². The van der Waals surface area contributed by atoms with Crippen LogP contribution in [0.15, 0.2) is 23.9 Å². The van der Waals surface area contributed by atoms with Gasteiger partial charge in [0.1, 0.15) is 6.61 Å². The Morgan fingerprint density at radius 2 is 2.29 bits per heavy atom. The minimum atomic E-state index is 0.573. The number of hydrogen-bond donors (Lipinski definition) is 1. The molecular weight excluding hydrogens is 178 g/mol. The highest BCUT2D eigenvalue weighted by molar-refractivity contribution is 5.65. The molecule has 0 bridgehead atoms. The van der Waals surface area contributed by atoms with Crippen LogP contribution in [-0.4, -0.2) is 20.8 Å². The minimum Gasteiger partial charge on any atom is -0.493 e. The normalized spacial score (nSPS) is 13.7. The van der Waals surface area contributed by atoms with Gasteiger partial charge in [-0.25, -0.2) is 0 Å². The topological polar surface area (TPSA) is 30.5 Å². The summed E-state index contributed by atoms with van der Waals surface area (Å²) in [6.07, 6.45) is 2.07. The standard InChI is InChI=1S/C11H13NO2/c1-12-9-6-8-4-3-5-10(13-2)11(8)14-7-9/h3-6,12H,7H2,1-2H3. The molecule has 1 aliphatic heterocycles. The number of hydrogen-bond acceptors (Lipinski definition) is 3. The molecule has 0 aromatic heterocycles. The molecule has 0 saturated heterocycles. The van der Waals surface area contributed by atoms with Crippen molar-refractivity contribution in [1.29, 1.82) is 0 Å². The molecule has 1 heterocycles. The van der Waals surface area contributed by atoms with Crippen molar-refractivity contribution in [3.05, 3.63) is 29.5 Å². The number of fused-ring (bicyclic) bond motifs is 1. The van der Waals surface area contributed by atoms with Crippen LogP contribution in [0.1, 0.15) is 5.56 Å². The number of nitrogens with one attached hydrogen (secondary N) is 1. The van der Waals surface area contributed by atoms with Crippen LogP contribution >= 0.6 is 0 Å². The Morgan fingerprint density at radius 3 is 3.00 bits per heavy atom. The van der Waals surface area contributed by atoms with Gasteiger partial charge in [0.25, 0.3) is 0 Å². The highest BCUT2D eigenvalue weighted by Gasteiger charge is 2.14. The maximum atomic E-state index is 5.59. The summed E-state index contributed by atoms with van der Waals surface area (Å²) in [7, 11) is 3.54. The van der Waals surface area contributed by atoms with Gasteiger partial charge in [-0.15, -0.1) is 0 Å². The van der Waals surface area contributed by atoms with Gasteiger partial charge in [-0.05, 0) is 12.1 Å². The van der Waals surface area contributed by atoms with Gasteiger partial charge in [0, 0.05) is 18.3 Å². The quantitative estimate of drug-likeness (QED) is 0.771. The average Bonchev–Trinajstić information content (AvgIpc) is 2.27. The lowest BCUT2D eigenvalue weighted by Gasteiger charge is -2.19. The van der Waals surface area contributed by atoms with Gasteiger partial charge in [0.15, 0.2) is 11.5 Å². The fourth-order valence-electron chi connectivity index (χ4n) is 1.49. The van der Waals surface area contributed by atoms with Crippen LogP contribution in [0.5, 0.6) is 11.5 Å². The maximum absolute atomic E-state index is 5.59. The van der Waals surface area contributed by atoms with E-state index in [-0.39, 0.29) is 0 Å². The van der Waals surface area contributed by atoms with Crippen molar-refractivity contribution in [3.8, 4) is 11.5 Å². The van der Waals surface area contributed by atoms with E-state index < -0.39 is 0 Å². The summed E-state index contributed by atoms with van der Waals surface area (Å²) in [6, 6.07) is 5.86. The summed E-state index contributed by atoms with van der Waals surface area (Å²) in [5.74, 6) is 1.61. The first-order valence-electron chi connectivity index (χ1n) is 4.53. The molecule has 0 spiro atoms. The Balaban J connectivity index is 2.45. The van der Waals surface area contributed by atoms with Crippen molar-refractivity contribution < 1.29 is 9.47 Å². The maximum Gasteiger partial charge on any atom is 0.169 e. The molecule has 0 saturated carbocycles. The molecule has 1 aromatic rings. The molecule has 3 heteroatoms. The van der Waals surface area contributed by atoms with E-state index in [4.69, 9.17) is 9.47 Å². The van der Waals surface area contributed by atoms with Gasteiger partial charge < -0.3 is 14.8 Å². The molecule has 14 heavy (non-hydrogen) atoms. The molecule has 3 nitrogen and oxygen atoms in total. The van der Waals surface area contributed by atoms with Crippen LogP contribution in [0.4, 0.5) is 0 Å². The molecule has 0 fully saturated rings. The second-order valence-corrected chi connectivity index (χ2v) is 3.09. The van der Waals surface area contributed by atoms with E-state index in [1.165, 1.54) is 0 Å². The zero-order valence-corrected chi connectivity index (χ0v) is 8.33. The number of methoxy groups -OCH3 is 1. The summed E-state index contributed by atoms with van der Waals surface area (Å²) in [4.78, 5) is 0. The first-order chi connectivity index (χ1) is 6.85. The predicted molar refractivity (Wildman–Crippen MR) is 55.5 cm³/mol. The van der Waals surface area contributed by atoms with Crippen LogP contribution < -0.4 is 14.8 Å². The van der Waals surface area contributed by atoms with Crippen molar-refractivity contribution in [2.45, 2.75) is 0 Å². The van der Waals surface area contributed by atoms with E-state index in [0.29, 0.717) is 6.61 Å². The number of para-hydroxylation sites is 1. The van der Waals surface area contributed by atoms with Crippen molar-refractivity contribution in [3.63, 3.8) is 0 Å². The Morgan fingerprint density at radius 1 is 1.43 bits per heavy atom. The van der Waals surface area contributed by atoms with Crippen molar-refractivity contribution in [1.82, 2.24) is 5.32 Å². The summed E-state index contributed by atoms with van der Waals surface area (Å²) < 4.78 is 10.8. The van der Waals surface area contributed by atoms with Crippen LogP contribution in [0.25, 0.3) is 6.08 Å². The summed E-state index contributed by atoms with van der Waals surface area (Å²) in [5.41, 5.74) is 2.13. The lowest BCUT2D eigenvalue weighted by molar-refractivity contribution is 0.310. The van der Waals surface area contributed by atoms with Crippen LogP contribution in [0.2, 0.25) is 0 Å². The van der Waals surface area contributed by atoms with Gasteiger partial charge in [-0.1, -0.05) is 12.1 Å². The third-order valence-corrected chi connectivity index (χ3v) is 2.25. The van der Waals surface area contributed by atoms with Crippen LogP contribution in [-0.2, 0) is 0 Å². The van der Waals surface area contributed by atoms with Gasteiger partial charge in [-0.2, -0.15) is 0 Å². The summed E-state index contributed by atoms with van der Waals surface area (Å²) in [6.45, 7) is 0.573. The first kappa shape index (κ1) is 8.94. The molecule has 2 rings (SSSR count). The number of rotatable bonds is 2. The number of ether oxygens (including phenoxy) is 2. The minimum absolute atomic E-state index is 0.573. The van der Waals surface area contributed by atoms with Crippen molar-refractivity contribution in [2.75, 3.05) is 20.8 Å². The van der Waals surface area contributed by atoms with E-state index in [2.05, 4.69) is 11.4 Å². The largest absolute Gasteiger partial charge is 0.493 e. The van der Waals surface area contributed by atoms with Gasteiger partial charge >= 0.3 is 0 Å². The molecule has 0 unspecified atom stereocenters. The predicted octanol–water partition coefficient (Wildman–Crippen LogP) is 1.65. The SMILES string of the molecule is CNC1=Cc2cccc(OC)c2OC1. The third kappa shape index (κ3) is 1.41. The third-order valence-electron chi connectivity index (χ3n) is 2.25.